The number of carboxylic acids is 1. The van der Waals surface area contributed by atoms with Crippen LogP contribution in [0.1, 0.15) is 5.69 Å². The first-order valence-corrected chi connectivity index (χ1v) is 13.9. The number of fused-ring (bicyclic) bond motifs is 1. The summed E-state index contributed by atoms with van der Waals surface area (Å²) in [7, 11) is 1.28. The molecule has 0 radical (unpaired) electrons. The zero-order valence-electron chi connectivity index (χ0n) is 19.7. The van der Waals surface area contributed by atoms with Crippen LogP contribution in [0.25, 0.3) is 11.4 Å². The van der Waals surface area contributed by atoms with Crippen molar-refractivity contribution in [1.82, 2.24) is 30.4 Å². The maximum atomic E-state index is 13.0. The van der Waals surface area contributed by atoms with Crippen molar-refractivity contribution in [2.45, 2.75) is 16.6 Å². The molecule has 2 aliphatic heterocycles. The van der Waals surface area contributed by atoms with E-state index < -0.39 is 29.2 Å². The van der Waals surface area contributed by atoms with Gasteiger partial charge in [-0.25, -0.2) is 14.8 Å². The van der Waals surface area contributed by atoms with Crippen molar-refractivity contribution < 1.29 is 24.3 Å². The minimum Gasteiger partial charge on any atom is -0.477 e. The van der Waals surface area contributed by atoms with Crippen LogP contribution in [0.5, 0.6) is 0 Å². The van der Waals surface area contributed by atoms with E-state index in [2.05, 4.69) is 30.6 Å². The molecule has 0 bridgehead atoms. The largest absolute Gasteiger partial charge is 0.477 e. The molecule has 2 amide bonds. The standard InChI is InChI=1S/C22H20N8O5S3/c1-35-29-13(12-9-37-21(23)24-12)17(31)25-14-18(32)30-15(20(33)34)11(7-36-19(14)30)8-38-22-26-16(27-28-22)10-5-3-2-4-6-10/h2-6,9,14,19H,7-8H2,1H3,(H2,23,24)(H,25,31)(H,33,34)(H,26,27,28)/b29-13-/t14-,19-/m1/s1. The van der Waals surface area contributed by atoms with Gasteiger partial charge in [0.15, 0.2) is 16.7 Å². The Morgan fingerprint density at radius 1 is 1.34 bits per heavy atom. The van der Waals surface area contributed by atoms with Crippen LogP contribution in [0.15, 0.2) is 57.3 Å². The van der Waals surface area contributed by atoms with Crippen molar-refractivity contribution in [3.05, 3.63) is 52.7 Å². The Balaban J connectivity index is 1.28. The number of aromatic nitrogens is 4. The van der Waals surface area contributed by atoms with Gasteiger partial charge in [-0.2, -0.15) is 0 Å². The molecule has 2 aromatic heterocycles. The maximum absolute atomic E-state index is 13.0. The van der Waals surface area contributed by atoms with E-state index in [0.29, 0.717) is 22.3 Å². The number of aromatic amines is 1. The molecule has 2 aliphatic rings. The van der Waals surface area contributed by atoms with Crippen molar-refractivity contribution in [1.29, 1.82) is 0 Å². The van der Waals surface area contributed by atoms with Gasteiger partial charge in [0.25, 0.3) is 11.8 Å². The molecule has 0 saturated carbocycles. The molecule has 2 atom stereocenters. The normalized spacial score (nSPS) is 19.1. The highest BCUT2D eigenvalue weighted by atomic mass is 32.2. The number of benzene rings is 1. The topological polar surface area (TPSA) is 189 Å². The second-order valence-electron chi connectivity index (χ2n) is 7.93. The fourth-order valence-corrected chi connectivity index (χ4v) is 6.72. The van der Waals surface area contributed by atoms with Gasteiger partial charge >= 0.3 is 5.97 Å². The number of aliphatic carboxylic acids is 1. The number of hydrogen-bond donors (Lipinski definition) is 4. The summed E-state index contributed by atoms with van der Waals surface area (Å²) in [4.78, 5) is 52.5. The monoisotopic (exact) mass is 572 g/mol. The van der Waals surface area contributed by atoms with E-state index >= 15 is 0 Å². The predicted octanol–water partition coefficient (Wildman–Crippen LogP) is 1.39. The van der Waals surface area contributed by atoms with Crippen LogP contribution >= 0.6 is 34.9 Å². The number of amides is 2. The minimum absolute atomic E-state index is 0.0892. The Hall–Kier alpha value is -3.89. The lowest BCUT2D eigenvalue weighted by Gasteiger charge is -2.49. The highest BCUT2D eigenvalue weighted by Crippen LogP contribution is 2.41. The molecule has 0 unspecified atom stereocenters. The molecular weight excluding hydrogens is 552 g/mol. The van der Waals surface area contributed by atoms with Gasteiger partial charge in [0, 0.05) is 22.4 Å². The van der Waals surface area contributed by atoms with Crippen molar-refractivity contribution >= 4 is 63.5 Å². The summed E-state index contributed by atoms with van der Waals surface area (Å²) in [6.45, 7) is 0. The van der Waals surface area contributed by atoms with Gasteiger partial charge < -0.3 is 21.0 Å². The van der Waals surface area contributed by atoms with Crippen molar-refractivity contribution in [3.8, 4) is 11.4 Å². The van der Waals surface area contributed by atoms with Gasteiger partial charge in [0.2, 0.25) is 5.16 Å². The summed E-state index contributed by atoms with van der Waals surface area (Å²) in [5.74, 6) is -1.20. The highest BCUT2D eigenvalue weighted by molar-refractivity contribution is 8.01. The van der Waals surface area contributed by atoms with Crippen molar-refractivity contribution in [3.63, 3.8) is 0 Å². The lowest BCUT2D eigenvalue weighted by molar-refractivity contribution is -0.150. The summed E-state index contributed by atoms with van der Waals surface area (Å²) in [5, 5.41) is 25.0. The van der Waals surface area contributed by atoms with Gasteiger partial charge in [0.05, 0.1) is 0 Å². The first-order chi connectivity index (χ1) is 18.4. The van der Waals surface area contributed by atoms with E-state index in [4.69, 9.17) is 10.6 Å². The van der Waals surface area contributed by atoms with Crippen LogP contribution in [0.2, 0.25) is 0 Å². The number of carbonyl (C=O) groups excluding carboxylic acids is 2. The molecule has 1 fully saturated rings. The van der Waals surface area contributed by atoms with Crippen molar-refractivity contribution in [2.75, 3.05) is 24.3 Å². The first-order valence-electron chi connectivity index (χ1n) is 11.0. The van der Waals surface area contributed by atoms with Crippen LogP contribution in [0, 0.1) is 0 Å². The van der Waals surface area contributed by atoms with E-state index in [1.165, 1.54) is 35.5 Å². The number of carboxylic acid groups (broad SMARTS) is 1. The number of anilines is 1. The number of hydrogen-bond acceptors (Lipinski definition) is 12. The first kappa shape index (κ1) is 25.7. The Bertz CT molecular complexity index is 1450. The van der Waals surface area contributed by atoms with E-state index in [-0.39, 0.29) is 28.0 Å². The van der Waals surface area contributed by atoms with Crippen molar-refractivity contribution in [2.24, 2.45) is 5.16 Å². The third-order valence-corrected chi connectivity index (χ3v) is 8.53. The Kier molecular flexibility index (Phi) is 7.35. The molecule has 16 heteroatoms. The summed E-state index contributed by atoms with van der Waals surface area (Å²) < 4.78 is 0. The highest BCUT2D eigenvalue weighted by Gasteiger charge is 2.54. The summed E-state index contributed by atoms with van der Waals surface area (Å²) in [6, 6.07) is 8.56. The van der Waals surface area contributed by atoms with Crippen LogP contribution in [-0.4, -0.2) is 83.7 Å². The molecule has 3 aromatic rings. The molecule has 38 heavy (non-hydrogen) atoms. The number of carbonyl (C=O) groups is 3. The second kappa shape index (κ2) is 10.8. The number of nitrogens with one attached hydrogen (secondary N) is 2. The van der Waals surface area contributed by atoms with Crippen LogP contribution in [0.3, 0.4) is 0 Å². The van der Waals surface area contributed by atoms with E-state index in [0.717, 1.165) is 16.9 Å². The van der Waals surface area contributed by atoms with Crippen LogP contribution in [0.4, 0.5) is 5.13 Å². The fraction of sp³-hybridized carbons (Fsp3) is 0.227. The quantitative estimate of drug-likeness (QED) is 0.125. The number of H-pyrrole nitrogens is 1. The van der Waals surface area contributed by atoms with Gasteiger partial charge in [-0.3, -0.25) is 19.6 Å². The van der Waals surface area contributed by atoms with Crippen LogP contribution < -0.4 is 11.1 Å². The Labute approximate surface area is 227 Å². The number of thioether (sulfide) groups is 2. The molecule has 5 N–H and O–H groups in total. The molecule has 4 heterocycles. The predicted molar refractivity (Wildman–Crippen MR) is 142 cm³/mol. The number of nitrogens with zero attached hydrogens (tertiary/aromatic N) is 5. The summed E-state index contributed by atoms with van der Waals surface area (Å²) in [6.07, 6.45) is 0. The molecule has 0 spiro atoms. The lowest BCUT2D eigenvalue weighted by Crippen LogP contribution is -2.71. The maximum Gasteiger partial charge on any atom is 0.352 e. The molecule has 1 aromatic carbocycles. The van der Waals surface area contributed by atoms with Gasteiger partial charge in [0.1, 0.15) is 29.9 Å². The van der Waals surface area contributed by atoms with Gasteiger partial charge in [-0.15, -0.1) is 28.2 Å². The zero-order chi connectivity index (χ0) is 26.8. The second-order valence-corrected chi connectivity index (χ2v) is 10.9. The molecule has 13 nitrogen and oxygen atoms in total. The smallest absolute Gasteiger partial charge is 0.352 e. The molecular formula is C22H20N8O5S3. The molecule has 1 saturated heterocycles. The number of oxime groups is 1. The summed E-state index contributed by atoms with van der Waals surface area (Å²) >= 11 is 3.76. The number of thiazole rings is 1. The van der Waals surface area contributed by atoms with Crippen LogP contribution in [-0.2, 0) is 19.2 Å². The minimum atomic E-state index is -1.22. The van der Waals surface area contributed by atoms with E-state index in [1.54, 1.807) is 5.38 Å². The molecule has 5 rings (SSSR count). The number of β-lactam (4-membered cyclic amide) rings is 1. The zero-order valence-corrected chi connectivity index (χ0v) is 22.1. The van der Waals surface area contributed by atoms with E-state index in [9.17, 15) is 19.5 Å². The third kappa shape index (κ3) is 4.97. The number of rotatable bonds is 9. The SMILES string of the molecule is CO/N=C(\C(=O)N[C@@H]1C(=O)N2C(C(=O)O)=C(CSc3n[nH]c(-c4ccccc4)n3)CS[C@H]12)c1csc(N)n1. The number of nitrogen functional groups attached to an aromatic ring is 1. The average molecular weight is 573 g/mol. The number of nitrogens with two attached hydrogens (primary N) is 1. The molecule has 0 aliphatic carbocycles. The average Bonchev–Trinajstić information content (AvgIpc) is 3.58. The lowest BCUT2D eigenvalue weighted by atomic mass is 10.0. The third-order valence-electron chi connectivity index (χ3n) is 5.59. The Morgan fingerprint density at radius 3 is 2.82 bits per heavy atom. The van der Waals surface area contributed by atoms with Gasteiger partial charge in [-0.05, 0) is 5.57 Å². The fourth-order valence-electron chi connectivity index (χ4n) is 3.88. The van der Waals surface area contributed by atoms with Gasteiger partial charge in [-0.1, -0.05) is 47.2 Å². The Morgan fingerprint density at radius 2 is 2.13 bits per heavy atom. The molecule has 196 valence electrons. The van der Waals surface area contributed by atoms with E-state index in [1.807, 2.05) is 30.3 Å². The summed E-state index contributed by atoms with van der Waals surface area (Å²) in [5.41, 5.74) is 7.07.